The van der Waals surface area contributed by atoms with Crippen molar-refractivity contribution in [2.45, 2.75) is 44.6 Å². The number of fused-ring (bicyclic) bond motifs is 1. The molecule has 1 saturated carbocycles. The number of ether oxygens (including phenoxy) is 1. The summed E-state index contributed by atoms with van der Waals surface area (Å²) in [5.41, 5.74) is 1.72. The lowest BCUT2D eigenvalue weighted by Gasteiger charge is -2.37. The maximum atomic E-state index is 6.28. The maximum Gasteiger partial charge on any atom is 0.0651 e. The molecule has 1 N–H and O–H groups in total. The van der Waals surface area contributed by atoms with Gasteiger partial charge in [0.05, 0.1) is 16.1 Å². The van der Waals surface area contributed by atoms with Gasteiger partial charge in [0.2, 0.25) is 0 Å². The summed E-state index contributed by atoms with van der Waals surface area (Å²) >= 11 is 12.4. The van der Waals surface area contributed by atoms with Crippen LogP contribution in [0, 0.1) is 11.3 Å². The molecule has 0 radical (unpaired) electrons. The lowest BCUT2D eigenvalue weighted by molar-refractivity contribution is 0.00725. The van der Waals surface area contributed by atoms with Crippen LogP contribution >= 0.6 is 23.2 Å². The SMILES string of the molecule is COC(CC(C)C)C12CNCCC1(c1ccc(Cl)c(Cl)c1)C2. The van der Waals surface area contributed by atoms with E-state index < -0.39 is 0 Å². The van der Waals surface area contributed by atoms with Crippen molar-refractivity contribution in [3.63, 3.8) is 0 Å². The van der Waals surface area contributed by atoms with Crippen LogP contribution in [0.25, 0.3) is 0 Å². The number of benzene rings is 1. The predicted molar refractivity (Wildman–Crippen MR) is 92.9 cm³/mol. The van der Waals surface area contributed by atoms with Crippen LogP contribution in [-0.4, -0.2) is 26.3 Å². The van der Waals surface area contributed by atoms with E-state index in [1.54, 1.807) is 0 Å². The number of hydrogen-bond acceptors (Lipinski definition) is 2. The van der Waals surface area contributed by atoms with Gasteiger partial charge in [-0.2, -0.15) is 0 Å². The standard InChI is InChI=1S/C18H25Cl2NO/c1-12(2)8-16(22-3)18-10-17(18,6-7-21-11-18)13-4-5-14(19)15(20)9-13/h4-5,9,12,16,21H,6-8,10-11H2,1-3H3. The zero-order valence-electron chi connectivity index (χ0n) is 13.6. The summed E-state index contributed by atoms with van der Waals surface area (Å²) in [6.45, 7) is 6.61. The van der Waals surface area contributed by atoms with E-state index >= 15 is 0 Å². The van der Waals surface area contributed by atoms with Crippen molar-refractivity contribution in [2.75, 3.05) is 20.2 Å². The number of rotatable bonds is 5. The van der Waals surface area contributed by atoms with E-state index in [-0.39, 0.29) is 16.9 Å². The number of piperidine rings is 1. The van der Waals surface area contributed by atoms with Crippen LogP contribution in [-0.2, 0) is 10.2 Å². The lowest BCUT2D eigenvalue weighted by atomic mass is 9.76. The third kappa shape index (κ3) is 2.49. The van der Waals surface area contributed by atoms with E-state index in [1.165, 1.54) is 12.0 Å². The molecule has 122 valence electrons. The van der Waals surface area contributed by atoms with Crippen molar-refractivity contribution < 1.29 is 4.74 Å². The van der Waals surface area contributed by atoms with Crippen LogP contribution in [0.4, 0.5) is 0 Å². The number of halogens is 2. The van der Waals surface area contributed by atoms with Gasteiger partial charge in [0.1, 0.15) is 0 Å². The highest BCUT2D eigenvalue weighted by Gasteiger charge is 2.71. The van der Waals surface area contributed by atoms with Crippen LogP contribution in [0.3, 0.4) is 0 Å². The summed E-state index contributed by atoms with van der Waals surface area (Å²) in [5.74, 6) is 0.633. The molecular formula is C18H25Cl2NO. The molecule has 3 rings (SSSR count). The highest BCUT2D eigenvalue weighted by molar-refractivity contribution is 6.42. The quantitative estimate of drug-likeness (QED) is 0.839. The Morgan fingerprint density at radius 2 is 2.05 bits per heavy atom. The zero-order chi connectivity index (χ0) is 16.0. The molecule has 1 aliphatic carbocycles. The van der Waals surface area contributed by atoms with E-state index in [1.807, 2.05) is 13.2 Å². The van der Waals surface area contributed by atoms with E-state index in [9.17, 15) is 0 Å². The Morgan fingerprint density at radius 3 is 2.68 bits per heavy atom. The third-order valence-electron chi connectivity index (χ3n) is 5.67. The molecule has 22 heavy (non-hydrogen) atoms. The summed E-state index contributed by atoms with van der Waals surface area (Å²) in [5, 5.41) is 4.88. The third-order valence-corrected chi connectivity index (χ3v) is 6.41. The summed E-state index contributed by atoms with van der Waals surface area (Å²) in [6, 6.07) is 6.16. The lowest BCUT2D eigenvalue weighted by Crippen LogP contribution is -2.45. The van der Waals surface area contributed by atoms with E-state index in [0.29, 0.717) is 16.0 Å². The number of methoxy groups -OCH3 is 1. The van der Waals surface area contributed by atoms with Gasteiger partial charge in [-0.15, -0.1) is 0 Å². The highest BCUT2D eigenvalue weighted by atomic mass is 35.5. The summed E-state index contributed by atoms with van der Waals surface area (Å²) in [6.07, 6.45) is 3.70. The van der Waals surface area contributed by atoms with Crippen molar-refractivity contribution in [3.05, 3.63) is 33.8 Å². The molecule has 2 fully saturated rings. The minimum Gasteiger partial charge on any atom is -0.381 e. The van der Waals surface area contributed by atoms with Gasteiger partial charge in [-0.1, -0.05) is 43.1 Å². The van der Waals surface area contributed by atoms with Gasteiger partial charge < -0.3 is 10.1 Å². The van der Waals surface area contributed by atoms with Gasteiger partial charge in [-0.25, -0.2) is 0 Å². The van der Waals surface area contributed by atoms with Crippen molar-refractivity contribution in [1.82, 2.24) is 5.32 Å². The van der Waals surface area contributed by atoms with Gasteiger partial charge >= 0.3 is 0 Å². The number of hydrogen-bond donors (Lipinski definition) is 1. The van der Waals surface area contributed by atoms with Crippen LogP contribution in [0.1, 0.15) is 38.7 Å². The van der Waals surface area contributed by atoms with Crippen molar-refractivity contribution in [1.29, 1.82) is 0 Å². The molecule has 2 nitrogen and oxygen atoms in total. The normalized spacial score (nSPS) is 31.9. The molecule has 0 spiro atoms. The first kappa shape index (κ1) is 16.6. The average molecular weight is 342 g/mol. The molecule has 1 heterocycles. The molecule has 0 amide bonds. The number of nitrogens with one attached hydrogen (secondary N) is 1. The Balaban J connectivity index is 1.96. The maximum absolute atomic E-state index is 6.28. The van der Waals surface area contributed by atoms with Gasteiger partial charge in [-0.05, 0) is 49.4 Å². The van der Waals surface area contributed by atoms with Crippen LogP contribution in [0.5, 0.6) is 0 Å². The first-order chi connectivity index (χ1) is 10.4. The fourth-order valence-electron chi connectivity index (χ4n) is 4.52. The molecule has 3 unspecified atom stereocenters. The Morgan fingerprint density at radius 1 is 1.27 bits per heavy atom. The second kappa shape index (κ2) is 5.98. The zero-order valence-corrected chi connectivity index (χ0v) is 15.1. The molecule has 0 bridgehead atoms. The molecular weight excluding hydrogens is 317 g/mol. The van der Waals surface area contributed by atoms with Gasteiger partial charge in [-0.3, -0.25) is 0 Å². The Bertz CT molecular complexity index is 562. The van der Waals surface area contributed by atoms with E-state index in [0.717, 1.165) is 25.9 Å². The van der Waals surface area contributed by atoms with Crippen molar-refractivity contribution in [3.8, 4) is 0 Å². The molecule has 0 aromatic heterocycles. The van der Waals surface area contributed by atoms with Gasteiger partial charge in [0.15, 0.2) is 0 Å². The minimum atomic E-state index is 0.196. The fourth-order valence-corrected chi connectivity index (χ4v) is 4.81. The molecule has 1 aromatic rings. The second-order valence-corrected chi connectivity index (χ2v) is 8.14. The summed E-state index contributed by atoms with van der Waals surface area (Å²) in [7, 11) is 1.86. The molecule has 4 heteroatoms. The Labute approximate surface area is 143 Å². The monoisotopic (exact) mass is 341 g/mol. The molecule has 2 aliphatic rings. The highest BCUT2D eigenvalue weighted by Crippen LogP contribution is 2.70. The first-order valence-corrected chi connectivity index (χ1v) is 8.90. The van der Waals surface area contributed by atoms with Gasteiger partial charge in [0, 0.05) is 24.5 Å². The fraction of sp³-hybridized carbons (Fsp3) is 0.667. The summed E-state index contributed by atoms with van der Waals surface area (Å²) < 4.78 is 5.95. The van der Waals surface area contributed by atoms with Crippen LogP contribution in [0.2, 0.25) is 10.0 Å². The predicted octanol–water partition coefficient (Wildman–Crippen LogP) is 4.68. The Hall–Kier alpha value is -0.280. The molecule has 1 aliphatic heterocycles. The first-order valence-electron chi connectivity index (χ1n) is 8.14. The second-order valence-electron chi connectivity index (χ2n) is 7.32. The average Bonchev–Trinajstić information content (AvgIpc) is 3.19. The summed E-state index contributed by atoms with van der Waals surface area (Å²) in [4.78, 5) is 0. The molecule has 1 aromatic carbocycles. The van der Waals surface area contributed by atoms with Crippen LogP contribution in [0.15, 0.2) is 18.2 Å². The van der Waals surface area contributed by atoms with E-state index in [2.05, 4.69) is 31.3 Å². The minimum absolute atomic E-state index is 0.196. The van der Waals surface area contributed by atoms with E-state index in [4.69, 9.17) is 27.9 Å². The Kier molecular flexibility index (Phi) is 4.50. The largest absolute Gasteiger partial charge is 0.381 e. The van der Waals surface area contributed by atoms with Crippen LogP contribution < -0.4 is 5.32 Å². The smallest absolute Gasteiger partial charge is 0.0651 e. The molecule has 1 saturated heterocycles. The van der Waals surface area contributed by atoms with Crippen molar-refractivity contribution >= 4 is 23.2 Å². The molecule has 3 atom stereocenters. The van der Waals surface area contributed by atoms with Gasteiger partial charge in [0.25, 0.3) is 0 Å². The topological polar surface area (TPSA) is 21.3 Å². The van der Waals surface area contributed by atoms with Crippen molar-refractivity contribution in [2.24, 2.45) is 11.3 Å².